The van der Waals surface area contributed by atoms with Crippen LogP contribution in [0.15, 0.2) is 42.5 Å². The Hall–Kier alpha value is -1.63. The van der Waals surface area contributed by atoms with Crippen molar-refractivity contribution < 1.29 is 24.8 Å². The molecule has 1 heterocycles. The third-order valence-electron chi connectivity index (χ3n) is 5.87. The second-order valence-electron chi connectivity index (χ2n) is 7.88. The van der Waals surface area contributed by atoms with Crippen molar-refractivity contribution in [1.29, 1.82) is 0 Å². The van der Waals surface area contributed by atoms with Crippen molar-refractivity contribution in [3.8, 4) is 5.75 Å². The van der Waals surface area contributed by atoms with Crippen LogP contribution in [-0.4, -0.2) is 46.3 Å². The number of rotatable bonds is 6. The summed E-state index contributed by atoms with van der Waals surface area (Å²) >= 11 is 6.42. The fourth-order valence-corrected chi connectivity index (χ4v) is 3.93. The fraction of sp³-hybridized carbons (Fsp3) is 0.478. The summed E-state index contributed by atoms with van der Waals surface area (Å²) in [5.41, 5.74) is 1.74. The van der Waals surface area contributed by atoms with E-state index in [-0.39, 0.29) is 6.61 Å². The van der Waals surface area contributed by atoms with E-state index in [2.05, 4.69) is 0 Å². The van der Waals surface area contributed by atoms with Gasteiger partial charge in [-0.2, -0.15) is 0 Å². The molecule has 3 N–H and O–H groups in total. The zero-order valence-corrected chi connectivity index (χ0v) is 17.8. The van der Waals surface area contributed by atoms with Gasteiger partial charge in [-0.05, 0) is 55.2 Å². The van der Waals surface area contributed by atoms with Crippen LogP contribution < -0.4 is 4.74 Å². The van der Waals surface area contributed by atoms with Gasteiger partial charge >= 0.3 is 0 Å². The Labute approximate surface area is 176 Å². The standard InChI is InChI=1S/C23H29ClO5/c1-4-28-18-8-5-15(6-9-18)11-17-12-16(7-10-19(17)24)22-21(27)20(26)14(2)23(3,13-25)29-22/h5-10,12,14,20-22,25-27H,4,11,13H2,1-3H3/t14-,20+,21-,22+,23+/m1/s1. The van der Waals surface area contributed by atoms with Crippen molar-refractivity contribution in [1.82, 2.24) is 0 Å². The van der Waals surface area contributed by atoms with Crippen LogP contribution in [0.4, 0.5) is 0 Å². The van der Waals surface area contributed by atoms with Gasteiger partial charge in [0, 0.05) is 10.9 Å². The molecular weight excluding hydrogens is 392 g/mol. The number of benzene rings is 2. The number of aliphatic hydroxyl groups is 3. The maximum absolute atomic E-state index is 10.6. The van der Waals surface area contributed by atoms with Gasteiger partial charge in [-0.25, -0.2) is 0 Å². The molecule has 1 aliphatic rings. The highest BCUT2D eigenvalue weighted by atomic mass is 35.5. The topological polar surface area (TPSA) is 79.2 Å². The fourth-order valence-electron chi connectivity index (χ4n) is 3.75. The highest BCUT2D eigenvalue weighted by Gasteiger charge is 2.49. The van der Waals surface area contributed by atoms with Crippen LogP contribution in [0.3, 0.4) is 0 Å². The minimum atomic E-state index is -1.09. The number of aliphatic hydroxyl groups excluding tert-OH is 3. The molecule has 3 rings (SSSR count). The van der Waals surface area contributed by atoms with Gasteiger partial charge in [0.25, 0.3) is 0 Å². The van der Waals surface area contributed by atoms with E-state index in [4.69, 9.17) is 21.1 Å². The third-order valence-corrected chi connectivity index (χ3v) is 6.24. The maximum Gasteiger partial charge on any atom is 0.119 e. The minimum Gasteiger partial charge on any atom is -0.494 e. The van der Waals surface area contributed by atoms with Crippen LogP contribution in [0.25, 0.3) is 0 Å². The lowest BCUT2D eigenvalue weighted by molar-refractivity contribution is -0.251. The number of hydrogen-bond donors (Lipinski definition) is 3. The molecule has 0 radical (unpaired) electrons. The van der Waals surface area contributed by atoms with Crippen LogP contribution in [0.2, 0.25) is 5.02 Å². The predicted octanol–water partition coefficient (Wildman–Crippen LogP) is 3.51. The summed E-state index contributed by atoms with van der Waals surface area (Å²) in [5, 5.41) is 31.5. The van der Waals surface area contributed by atoms with Crippen molar-refractivity contribution in [2.24, 2.45) is 5.92 Å². The average Bonchev–Trinajstić information content (AvgIpc) is 2.72. The Kier molecular flexibility index (Phi) is 6.87. The SMILES string of the molecule is CCOc1ccc(Cc2cc([C@@H]3O[C@@](C)(CO)[C@H](C)[C@H](O)[C@H]3O)ccc2Cl)cc1. The quantitative estimate of drug-likeness (QED) is 0.666. The Bertz CT molecular complexity index is 825. The van der Waals surface area contributed by atoms with E-state index in [1.807, 2.05) is 37.3 Å². The molecule has 158 valence electrons. The van der Waals surface area contributed by atoms with Gasteiger partial charge in [-0.1, -0.05) is 42.8 Å². The molecular formula is C23H29ClO5. The van der Waals surface area contributed by atoms with E-state index in [1.165, 1.54) is 0 Å². The van der Waals surface area contributed by atoms with Crippen molar-refractivity contribution >= 4 is 11.6 Å². The first kappa shape index (κ1) is 22.1. The zero-order chi connectivity index (χ0) is 21.2. The lowest BCUT2D eigenvalue weighted by atomic mass is 9.78. The van der Waals surface area contributed by atoms with Gasteiger partial charge in [0.2, 0.25) is 0 Å². The molecule has 0 unspecified atom stereocenters. The van der Waals surface area contributed by atoms with E-state index in [0.29, 0.717) is 23.6 Å². The number of hydrogen-bond acceptors (Lipinski definition) is 5. The third kappa shape index (κ3) is 4.60. The van der Waals surface area contributed by atoms with Gasteiger partial charge in [-0.15, -0.1) is 0 Å². The van der Waals surface area contributed by atoms with E-state index in [9.17, 15) is 15.3 Å². The molecule has 0 aliphatic carbocycles. The summed E-state index contributed by atoms with van der Waals surface area (Å²) < 4.78 is 11.6. The van der Waals surface area contributed by atoms with Crippen molar-refractivity contribution in [3.05, 3.63) is 64.2 Å². The molecule has 1 aliphatic heterocycles. The van der Waals surface area contributed by atoms with Crippen molar-refractivity contribution in [2.75, 3.05) is 13.2 Å². The molecule has 5 atom stereocenters. The molecule has 6 heteroatoms. The lowest BCUT2D eigenvalue weighted by Gasteiger charge is -2.47. The Morgan fingerprint density at radius 3 is 2.41 bits per heavy atom. The molecule has 5 nitrogen and oxygen atoms in total. The van der Waals surface area contributed by atoms with E-state index < -0.39 is 29.8 Å². The monoisotopic (exact) mass is 420 g/mol. The van der Waals surface area contributed by atoms with Crippen LogP contribution in [-0.2, 0) is 11.2 Å². The summed E-state index contributed by atoms with van der Waals surface area (Å²) in [6, 6.07) is 13.3. The first-order valence-corrected chi connectivity index (χ1v) is 10.3. The van der Waals surface area contributed by atoms with Crippen LogP contribution in [0.1, 0.15) is 43.6 Å². The lowest BCUT2D eigenvalue weighted by Crippen LogP contribution is -2.57. The van der Waals surface area contributed by atoms with Gasteiger partial charge in [-0.3, -0.25) is 0 Å². The molecule has 2 aromatic carbocycles. The highest BCUT2D eigenvalue weighted by Crippen LogP contribution is 2.41. The van der Waals surface area contributed by atoms with Crippen LogP contribution >= 0.6 is 11.6 Å². The van der Waals surface area contributed by atoms with Gasteiger partial charge < -0.3 is 24.8 Å². The average molecular weight is 421 g/mol. The summed E-state index contributed by atoms with van der Waals surface area (Å²) in [6.07, 6.45) is -2.24. The Morgan fingerprint density at radius 1 is 1.10 bits per heavy atom. The van der Waals surface area contributed by atoms with Gasteiger partial charge in [0.15, 0.2) is 0 Å². The zero-order valence-electron chi connectivity index (χ0n) is 17.0. The Balaban J connectivity index is 1.86. The minimum absolute atomic E-state index is 0.249. The number of halogens is 1. The first-order valence-electron chi connectivity index (χ1n) is 9.94. The second-order valence-corrected chi connectivity index (χ2v) is 8.29. The maximum atomic E-state index is 10.6. The van der Waals surface area contributed by atoms with Crippen LogP contribution in [0.5, 0.6) is 5.75 Å². The number of ether oxygens (including phenoxy) is 2. The largest absolute Gasteiger partial charge is 0.494 e. The highest BCUT2D eigenvalue weighted by molar-refractivity contribution is 6.31. The summed E-state index contributed by atoms with van der Waals surface area (Å²) in [5.74, 6) is 0.413. The molecule has 0 amide bonds. The molecule has 29 heavy (non-hydrogen) atoms. The molecule has 0 bridgehead atoms. The van der Waals surface area contributed by atoms with Gasteiger partial charge in [0.05, 0.1) is 24.9 Å². The van der Waals surface area contributed by atoms with Gasteiger partial charge in [0.1, 0.15) is 18.0 Å². The van der Waals surface area contributed by atoms with Crippen LogP contribution in [0, 0.1) is 5.92 Å². The molecule has 1 fully saturated rings. The molecule has 1 saturated heterocycles. The molecule has 2 aromatic rings. The predicted molar refractivity (Wildman–Crippen MR) is 112 cm³/mol. The smallest absolute Gasteiger partial charge is 0.119 e. The Morgan fingerprint density at radius 2 is 1.79 bits per heavy atom. The summed E-state index contributed by atoms with van der Waals surface area (Å²) in [4.78, 5) is 0. The summed E-state index contributed by atoms with van der Waals surface area (Å²) in [7, 11) is 0. The van der Waals surface area contributed by atoms with E-state index >= 15 is 0 Å². The van der Waals surface area contributed by atoms with E-state index in [0.717, 1.165) is 16.9 Å². The normalized spacial score (nSPS) is 29.6. The van der Waals surface area contributed by atoms with Crippen molar-refractivity contribution in [3.63, 3.8) is 0 Å². The van der Waals surface area contributed by atoms with E-state index in [1.54, 1.807) is 26.0 Å². The molecule has 0 aromatic heterocycles. The second kappa shape index (κ2) is 9.02. The molecule has 0 saturated carbocycles. The summed E-state index contributed by atoms with van der Waals surface area (Å²) in [6.45, 7) is 5.83. The molecule has 0 spiro atoms. The van der Waals surface area contributed by atoms with Crippen molar-refractivity contribution in [2.45, 2.75) is 51.1 Å². The first-order chi connectivity index (χ1) is 13.8.